The lowest BCUT2D eigenvalue weighted by atomic mass is 9.90. The number of aliphatic hydroxyl groups is 2. The van der Waals surface area contributed by atoms with Gasteiger partial charge in [-0.3, -0.25) is 9.59 Å². The first-order chi connectivity index (χ1) is 15.6. The van der Waals surface area contributed by atoms with E-state index in [-0.39, 0.29) is 30.5 Å². The van der Waals surface area contributed by atoms with Crippen LogP contribution in [0.15, 0.2) is 48.6 Å². The van der Waals surface area contributed by atoms with Crippen molar-refractivity contribution in [1.29, 1.82) is 0 Å². The summed E-state index contributed by atoms with van der Waals surface area (Å²) in [4.78, 5) is 23.4. The number of rotatable bonds is 11. The standard InChI is InChI=1S/C24H30F3NO5/c1-28-23(32)10-5-3-2-4-9-19-20(22(31)14-21(19)30)12-11-17(29)15-33-18-8-6-7-16(13-18)24(25,26)27/h2,4,6-8,11-13,17,19-20,22,29,31H,3,5,9-10,14-15H2,1H3,(H,28,32)/t17?,19-,20-,22-/m1/s1. The molecule has 4 atom stereocenters. The number of carbonyl (C=O) groups is 2. The normalized spacial score (nSPS) is 22.2. The van der Waals surface area contributed by atoms with Crippen LogP contribution in [-0.2, 0) is 15.8 Å². The average molecular weight is 470 g/mol. The van der Waals surface area contributed by atoms with Gasteiger partial charge in [0.25, 0.3) is 0 Å². The SMILES string of the molecule is CNC(=O)CCCC=CC[C@H]1C(=O)C[C@@H](O)[C@@H]1C=CC(O)COc1cccc(C(F)(F)F)c1. The van der Waals surface area contributed by atoms with Gasteiger partial charge in [0, 0.05) is 31.7 Å². The Kier molecular flexibility index (Phi) is 10.1. The fourth-order valence-corrected chi connectivity index (χ4v) is 3.65. The molecule has 1 aromatic rings. The van der Waals surface area contributed by atoms with Crippen LogP contribution < -0.4 is 10.1 Å². The minimum atomic E-state index is -4.49. The lowest BCUT2D eigenvalue weighted by molar-refractivity contribution is -0.137. The van der Waals surface area contributed by atoms with Gasteiger partial charge in [0.15, 0.2) is 0 Å². The number of alkyl halides is 3. The number of amides is 1. The summed E-state index contributed by atoms with van der Waals surface area (Å²) in [6.45, 7) is -0.273. The Hall–Kier alpha value is -2.65. The molecule has 0 spiro atoms. The molecule has 1 unspecified atom stereocenters. The fraction of sp³-hybridized carbons (Fsp3) is 0.500. The molecule has 0 saturated heterocycles. The first kappa shape index (κ1) is 26.6. The third kappa shape index (κ3) is 8.66. The van der Waals surface area contributed by atoms with Gasteiger partial charge in [-0.15, -0.1) is 0 Å². The van der Waals surface area contributed by atoms with Gasteiger partial charge in [-0.1, -0.05) is 30.4 Å². The van der Waals surface area contributed by atoms with Crippen LogP contribution in [0.3, 0.4) is 0 Å². The van der Waals surface area contributed by atoms with Crippen molar-refractivity contribution in [3.63, 3.8) is 0 Å². The van der Waals surface area contributed by atoms with E-state index in [0.717, 1.165) is 12.1 Å². The number of unbranched alkanes of at least 4 members (excludes halogenated alkanes) is 1. The number of hydrogen-bond donors (Lipinski definition) is 3. The van der Waals surface area contributed by atoms with Gasteiger partial charge in [-0.25, -0.2) is 0 Å². The number of Topliss-reactive ketones (excluding diaryl/α,β-unsaturated/α-hetero) is 1. The third-order valence-corrected chi connectivity index (χ3v) is 5.48. The summed E-state index contributed by atoms with van der Waals surface area (Å²) in [5.74, 6) is -1.02. The molecule has 0 aliphatic heterocycles. The van der Waals surface area contributed by atoms with Gasteiger partial charge in [0.05, 0.1) is 11.7 Å². The number of benzene rings is 1. The molecule has 1 fully saturated rings. The maximum absolute atomic E-state index is 12.8. The van der Waals surface area contributed by atoms with E-state index in [9.17, 15) is 33.0 Å². The van der Waals surface area contributed by atoms with Crippen LogP contribution in [0, 0.1) is 11.8 Å². The molecular weight excluding hydrogens is 439 g/mol. The second-order valence-electron chi connectivity index (χ2n) is 7.98. The van der Waals surface area contributed by atoms with Gasteiger partial charge in [0.2, 0.25) is 5.91 Å². The average Bonchev–Trinajstić information content (AvgIpc) is 3.04. The van der Waals surface area contributed by atoms with E-state index < -0.39 is 35.8 Å². The zero-order valence-corrected chi connectivity index (χ0v) is 18.4. The highest BCUT2D eigenvalue weighted by Gasteiger charge is 2.39. The van der Waals surface area contributed by atoms with E-state index >= 15 is 0 Å². The molecule has 182 valence electrons. The Morgan fingerprint density at radius 2 is 2.09 bits per heavy atom. The first-order valence-electron chi connectivity index (χ1n) is 10.8. The van der Waals surface area contributed by atoms with Crippen molar-refractivity contribution in [1.82, 2.24) is 5.32 Å². The number of hydrogen-bond acceptors (Lipinski definition) is 5. The van der Waals surface area contributed by atoms with Crippen molar-refractivity contribution in [2.24, 2.45) is 11.8 Å². The Balaban J connectivity index is 1.86. The van der Waals surface area contributed by atoms with Gasteiger partial charge in [-0.05, 0) is 37.5 Å². The number of aliphatic hydroxyl groups excluding tert-OH is 2. The van der Waals surface area contributed by atoms with Crippen LogP contribution in [0.4, 0.5) is 13.2 Å². The van der Waals surface area contributed by atoms with Crippen LogP contribution in [0.25, 0.3) is 0 Å². The molecule has 3 N–H and O–H groups in total. The maximum Gasteiger partial charge on any atom is 0.416 e. The van der Waals surface area contributed by atoms with E-state index in [4.69, 9.17) is 4.74 Å². The van der Waals surface area contributed by atoms with Crippen LogP contribution in [0.1, 0.15) is 37.7 Å². The molecule has 9 heteroatoms. The second kappa shape index (κ2) is 12.6. The van der Waals surface area contributed by atoms with E-state index in [1.165, 1.54) is 18.2 Å². The second-order valence-corrected chi connectivity index (χ2v) is 7.98. The van der Waals surface area contributed by atoms with E-state index in [1.54, 1.807) is 13.1 Å². The predicted octanol–water partition coefficient (Wildman–Crippen LogP) is 3.43. The van der Waals surface area contributed by atoms with Gasteiger partial charge in [0.1, 0.15) is 24.2 Å². The highest BCUT2D eigenvalue weighted by Crippen LogP contribution is 2.34. The summed E-state index contributed by atoms with van der Waals surface area (Å²) in [6.07, 6.45) is 2.52. The summed E-state index contributed by atoms with van der Waals surface area (Å²) < 4.78 is 43.6. The highest BCUT2D eigenvalue weighted by molar-refractivity contribution is 5.84. The van der Waals surface area contributed by atoms with Crippen molar-refractivity contribution in [2.45, 2.75) is 50.5 Å². The van der Waals surface area contributed by atoms with Crippen molar-refractivity contribution in [3.8, 4) is 5.75 Å². The van der Waals surface area contributed by atoms with E-state index in [1.807, 2.05) is 12.2 Å². The Labute approximate surface area is 191 Å². The molecular formula is C24H30F3NO5. The van der Waals surface area contributed by atoms with Crippen LogP contribution in [-0.4, -0.2) is 47.8 Å². The summed E-state index contributed by atoms with van der Waals surface area (Å²) >= 11 is 0. The highest BCUT2D eigenvalue weighted by atomic mass is 19.4. The maximum atomic E-state index is 12.8. The van der Waals surface area contributed by atoms with E-state index in [2.05, 4.69) is 5.32 Å². The molecule has 6 nitrogen and oxygen atoms in total. The number of halogens is 3. The zero-order valence-electron chi connectivity index (χ0n) is 18.4. The minimum Gasteiger partial charge on any atom is -0.491 e. The van der Waals surface area contributed by atoms with Crippen LogP contribution in [0.2, 0.25) is 0 Å². The molecule has 1 aliphatic rings. The summed E-state index contributed by atoms with van der Waals surface area (Å²) in [6, 6.07) is 4.37. The fourth-order valence-electron chi connectivity index (χ4n) is 3.65. The lowest BCUT2D eigenvalue weighted by Gasteiger charge is -2.17. The largest absolute Gasteiger partial charge is 0.491 e. The molecule has 1 aromatic carbocycles. The number of ketones is 1. The molecule has 1 amide bonds. The molecule has 1 saturated carbocycles. The molecule has 1 aliphatic carbocycles. The van der Waals surface area contributed by atoms with Gasteiger partial charge >= 0.3 is 6.18 Å². The van der Waals surface area contributed by atoms with Crippen LogP contribution >= 0.6 is 0 Å². The third-order valence-electron chi connectivity index (χ3n) is 5.48. The monoisotopic (exact) mass is 469 g/mol. The molecule has 33 heavy (non-hydrogen) atoms. The van der Waals surface area contributed by atoms with Crippen molar-refractivity contribution < 1.29 is 37.7 Å². The summed E-state index contributed by atoms with van der Waals surface area (Å²) in [5.41, 5.74) is -0.845. The number of allylic oxidation sites excluding steroid dienone is 2. The number of carbonyl (C=O) groups excluding carboxylic acids is 2. The van der Waals surface area contributed by atoms with Gasteiger partial charge < -0.3 is 20.3 Å². The quantitative estimate of drug-likeness (QED) is 0.341. The van der Waals surface area contributed by atoms with Crippen molar-refractivity contribution in [3.05, 3.63) is 54.1 Å². The predicted molar refractivity (Wildman–Crippen MR) is 116 cm³/mol. The van der Waals surface area contributed by atoms with Crippen molar-refractivity contribution in [2.75, 3.05) is 13.7 Å². The smallest absolute Gasteiger partial charge is 0.416 e. The minimum absolute atomic E-state index is 0.0206. The Morgan fingerprint density at radius 3 is 2.79 bits per heavy atom. The Morgan fingerprint density at radius 1 is 1.33 bits per heavy atom. The Bertz CT molecular complexity index is 853. The molecule has 2 rings (SSSR count). The first-order valence-corrected chi connectivity index (χ1v) is 10.8. The van der Waals surface area contributed by atoms with E-state index in [0.29, 0.717) is 25.7 Å². The summed E-state index contributed by atoms with van der Waals surface area (Å²) in [5, 5.41) is 22.9. The topological polar surface area (TPSA) is 95.9 Å². The number of ether oxygens (including phenoxy) is 1. The molecule has 0 heterocycles. The molecule has 0 aromatic heterocycles. The zero-order chi connectivity index (χ0) is 24.4. The molecule has 0 radical (unpaired) electrons. The van der Waals surface area contributed by atoms with Crippen LogP contribution in [0.5, 0.6) is 5.75 Å². The lowest BCUT2D eigenvalue weighted by Crippen LogP contribution is -2.20. The molecule has 0 bridgehead atoms. The number of nitrogens with one attached hydrogen (secondary N) is 1. The van der Waals surface area contributed by atoms with Gasteiger partial charge in [-0.2, -0.15) is 13.2 Å². The summed E-state index contributed by atoms with van der Waals surface area (Å²) in [7, 11) is 1.58. The van der Waals surface area contributed by atoms with Crippen molar-refractivity contribution >= 4 is 11.7 Å².